The monoisotopic (exact) mass is 429 g/mol. The fourth-order valence-electron chi connectivity index (χ4n) is 3.21. The van der Waals surface area contributed by atoms with Gasteiger partial charge < -0.3 is 14.6 Å². The molecule has 0 bridgehead atoms. The molecule has 7 nitrogen and oxygen atoms in total. The van der Waals surface area contributed by atoms with Crippen LogP contribution in [0.1, 0.15) is 19.3 Å². The zero-order valence-electron chi connectivity index (χ0n) is 15.7. The van der Waals surface area contributed by atoms with Gasteiger partial charge in [-0.2, -0.15) is 0 Å². The predicted octanol–water partition coefficient (Wildman–Crippen LogP) is 4.51. The van der Waals surface area contributed by atoms with Crippen molar-refractivity contribution < 1.29 is 9.21 Å². The van der Waals surface area contributed by atoms with E-state index in [1.807, 2.05) is 18.2 Å². The van der Waals surface area contributed by atoms with E-state index in [2.05, 4.69) is 25.4 Å². The van der Waals surface area contributed by atoms with Gasteiger partial charge in [0.1, 0.15) is 0 Å². The molecule has 1 aliphatic heterocycles. The normalized spacial score (nSPS) is 14.0. The molecule has 3 heterocycles. The first kappa shape index (κ1) is 19.7. The Morgan fingerprint density at radius 1 is 1.21 bits per heavy atom. The van der Waals surface area contributed by atoms with E-state index in [-0.39, 0.29) is 11.7 Å². The Morgan fingerprint density at radius 2 is 2.07 bits per heavy atom. The Kier molecular flexibility index (Phi) is 6.31. The van der Waals surface area contributed by atoms with Crippen LogP contribution in [0.4, 0.5) is 11.4 Å². The molecule has 1 fully saturated rings. The van der Waals surface area contributed by atoms with Crippen molar-refractivity contribution in [2.24, 2.45) is 0 Å². The second-order valence-electron chi connectivity index (χ2n) is 6.66. The summed E-state index contributed by atoms with van der Waals surface area (Å²) in [6.45, 7) is 1.97. The number of rotatable bonds is 6. The second-order valence-corrected chi connectivity index (χ2v) is 8.02. The van der Waals surface area contributed by atoms with Gasteiger partial charge in [0.05, 0.1) is 22.7 Å². The summed E-state index contributed by atoms with van der Waals surface area (Å²) in [5.74, 6) is 0.376. The highest BCUT2D eigenvalue weighted by atomic mass is 35.5. The first-order valence-electron chi connectivity index (χ1n) is 9.40. The number of hydrogen-bond donors (Lipinski definition) is 1. The standard InChI is InChI=1S/C20H20ClN5O2S/c21-15-6-7-17(26-9-2-1-3-10-26)16(11-15)23-18(27)13-29-20-25-24-19(28-20)14-5-4-8-22-12-14/h4-8,11-12H,1-3,9-10,13H2,(H,23,27). The summed E-state index contributed by atoms with van der Waals surface area (Å²) in [5, 5.41) is 11.9. The van der Waals surface area contributed by atoms with Crippen molar-refractivity contribution >= 4 is 40.6 Å². The molecule has 1 N–H and O–H groups in total. The molecule has 150 valence electrons. The molecule has 0 unspecified atom stereocenters. The number of carbonyl (C=O) groups excluding carboxylic acids is 1. The van der Waals surface area contributed by atoms with E-state index >= 15 is 0 Å². The van der Waals surface area contributed by atoms with E-state index in [4.69, 9.17) is 16.0 Å². The molecule has 0 saturated carbocycles. The maximum atomic E-state index is 12.5. The van der Waals surface area contributed by atoms with Crippen molar-refractivity contribution in [3.63, 3.8) is 0 Å². The Labute approximate surface area is 177 Å². The number of thioether (sulfide) groups is 1. The van der Waals surface area contributed by atoms with Crippen LogP contribution in [0, 0.1) is 0 Å². The van der Waals surface area contributed by atoms with Gasteiger partial charge in [-0.3, -0.25) is 9.78 Å². The number of anilines is 2. The molecule has 3 aromatic rings. The molecule has 0 spiro atoms. The average molecular weight is 430 g/mol. The number of piperidine rings is 1. The quantitative estimate of drug-likeness (QED) is 0.577. The Hall–Kier alpha value is -2.58. The van der Waals surface area contributed by atoms with Crippen molar-refractivity contribution in [2.75, 3.05) is 29.1 Å². The molecular weight excluding hydrogens is 410 g/mol. The van der Waals surface area contributed by atoms with E-state index in [0.29, 0.717) is 16.1 Å². The number of pyridine rings is 1. The Morgan fingerprint density at radius 3 is 2.86 bits per heavy atom. The van der Waals surface area contributed by atoms with Crippen molar-refractivity contribution in [3.8, 4) is 11.5 Å². The molecule has 9 heteroatoms. The Balaban J connectivity index is 1.39. The van der Waals surface area contributed by atoms with Gasteiger partial charge in [-0.15, -0.1) is 10.2 Å². The highest BCUT2D eigenvalue weighted by molar-refractivity contribution is 7.99. The third kappa shape index (κ3) is 5.07. The zero-order valence-corrected chi connectivity index (χ0v) is 17.2. The first-order valence-corrected chi connectivity index (χ1v) is 10.8. The van der Waals surface area contributed by atoms with Gasteiger partial charge in [-0.25, -0.2) is 0 Å². The number of aromatic nitrogens is 3. The predicted molar refractivity (Wildman–Crippen MR) is 114 cm³/mol. The summed E-state index contributed by atoms with van der Waals surface area (Å²) in [6, 6.07) is 9.25. The van der Waals surface area contributed by atoms with Gasteiger partial charge in [0.15, 0.2) is 0 Å². The number of benzene rings is 1. The third-order valence-corrected chi connectivity index (χ3v) is 5.62. The van der Waals surface area contributed by atoms with Crippen molar-refractivity contribution in [1.29, 1.82) is 0 Å². The van der Waals surface area contributed by atoms with Gasteiger partial charge in [0, 0.05) is 30.5 Å². The van der Waals surface area contributed by atoms with E-state index in [0.717, 1.165) is 42.9 Å². The SMILES string of the molecule is O=C(CSc1nnc(-c2cccnc2)o1)Nc1cc(Cl)ccc1N1CCCCC1. The van der Waals surface area contributed by atoms with Gasteiger partial charge >= 0.3 is 0 Å². The molecule has 29 heavy (non-hydrogen) atoms. The lowest BCUT2D eigenvalue weighted by atomic mass is 10.1. The number of amides is 1. The minimum Gasteiger partial charge on any atom is -0.411 e. The first-order chi connectivity index (χ1) is 14.2. The lowest BCUT2D eigenvalue weighted by Gasteiger charge is -2.30. The average Bonchev–Trinajstić information content (AvgIpc) is 3.23. The summed E-state index contributed by atoms with van der Waals surface area (Å²) < 4.78 is 5.60. The minimum absolute atomic E-state index is 0.153. The molecule has 1 aromatic carbocycles. The van der Waals surface area contributed by atoms with Crippen molar-refractivity contribution in [3.05, 3.63) is 47.7 Å². The minimum atomic E-state index is -0.156. The summed E-state index contributed by atoms with van der Waals surface area (Å²) >= 11 is 7.35. The van der Waals surface area contributed by atoms with Crippen LogP contribution in [0.5, 0.6) is 0 Å². The van der Waals surface area contributed by atoms with E-state index < -0.39 is 0 Å². The van der Waals surface area contributed by atoms with Gasteiger partial charge in [-0.05, 0) is 49.6 Å². The summed E-state index contributed by atoms with van der Waals surface area (Å²) in [5.41, 5.74) is 2.47. The van der Waals surface area contributed by atoms with Crippen LogP contribution in [0.15, 0.2) is 52.4 Å². The molecule has 2 aromatic heterocycles. The molecule has 1 aliphatic rings. The third-order valence-electron chi connectivity index (χ3n) is 4.57. The summed E-state index contributed by atoms with van der Waals surface area (Å²) in [4.78, 5) is 18.8. The number of hydrogen-bond acceptors (Lipinski definition) is 7. The van der Waals surface area contributed by atoms with E-state index in [1.165, 1.54) is 18.2 Å². The van der Waals surface area contributed by atoms with Crippen LogP contribution in [0.25, 0.3) is 11.5 Å². The van der Waals surface area contributed by atoms with Crippen molar-refractivity contribution in [1.82, 2.24) is 15.2 Å². The molecule has 1 saturated heterocycles. The topological polar surface area (TPSA) is 84.1 Å². The molecular formula is C20H20ClN5O2S. The summed E-state index contributed by atoms with van der Waals surface area (Å²) in [7, 11) is 0. The van der Waals surface area contributed by atoms with Gasteiger partial charge in [0.25, 0.3) is 5.22 Å². The van der Waals surface area contributed by atoms with Gasteiger partial charge in [0.2, 0.25) is 11.8 Å². The van der Waals surface area contributed by atoms with Gasteiger partial charge in [-0.1, -0.05) is 23.4 Å². The largest absolute Gasteiger partial charge is 0.411 e. The Bertz CT molecular complexity index is 976. The molecule has 0 atom stereocenters. The van der Waals surface area contributed by atoms with Crippen LogP contribution >= 0.6 is 23.4 Å². The molecule has 0 radical (unpaired) electrons. The van der Waals surface area contributed by atoms with Crippen LogP contribution in [0.3, 0.4) is 0 Å². The number of halogens is 1. The molecule has 4 rings (SSSR count). The fraction of sp³-hybridized carbons (Fsp3) is 0.300. The molecule has 1 amide bonds. The maximum Gasteiger partial charge on any atom is 0.277 e. The van der Waals surface area contributed by atoms with Crippen LogP contribution in [0.2, 0.25) is 5.02 Å². The fourth-order valence-corrected chi connectivity index (χ4v) is 3.94. The lowest BCUT2D eigenvalue weighted by molar-refractivity contribution is -0.113. The van der Waals surface area contributed by atoms with Crippen LogP contribution in [-0.4, -0.2) is 39.9 Å². The highest BCUT2D eigenvalue weighted by Gasteiger charge is 2.17. The highest BCUT2D eigenvalue weighted by Crippen LogP contribution is 2.31. The zero-order chi connectivity index (χ0) is 20.1. The van der Waals surface area contributed by atoms with Crippen LogP contribution < -0.4 is 10.2 Å². The van der Waals surface area contributed by atoms with Crippen molar-refractivity contribution in [2.45, 2.75) is 24.5 Å². The number of carbonyl (C=O) groups is 1. The van der Waals surface area contributed by atoms with E-state index in [1.54, 1.807) is 24.5 Å². The second kappa shape index (κ2) is 9.28. The number of nitrogens with one attached hydrogen (secondary N) is 1. The van der Waals surface area contributed by atoms with E-state index in [9.17, 15) is 4.79 Å². The lowest BCUT2D eigenvalue weighted by Crippen LogP contribution is -2.30. The summed E-state index contributed by atoms with van der Waals surface area (Å²) in [6.07, 6.45) is 6.88. The number of nitrogens with zero attached hydrogens (tertiary/aromatic N) is 4. The van der Waals surface area contributed by atoms with Crippen LogP contribution in [-0.2, 0) is 4.79 Å². The maximum absolute atomic E-state index is 12.5. The molecule has 0 aliphatic carbocycles. The smallest absolute Gasteiger partial charge is 0.277 e.